The van der Waals surface area contributed by atoms with E-state index in [0.29, 0.717) is 5.56 Å². The third-order valence-corrected chi connectivity index (χ3v) is 6.14. The number of hydrogen-bond acceptors (Lipinski definition) is 4. The van der Waals surface area contributed by atoms with E-state index >= 15 is 0 Å². The van der Waals surface area contributed by atoms with Crippen LogP contribution in [0.15, 0.2) is 72.8 Å². The zero-order chi connectivity index (χ0) is 24.8. The number of carboxylic acid groups (broad SMARTS) is 1. The number of aliphatic carboxylic acids is 1. The Morgan fingerprint density at radius 1 is 0.886 bits per heavy atom. The number of carbonyl (C=O) groups is 3. The average molecular weight is 473 g/mol. The summed E-state index contributed by atoms with van der Waals surface area (Å²) in [6.45, 7) is 2.17. The second-order valence-electron chi connectivity index (χ2n) is 8.69. The summed E-state index contributed by atoms with van der Waals surface area (Å²) in [4.78, 5) is 35.8. The van der Waals surface area contributed by atoms with Crippen molar-refractivity contribution in [3.63, 3.8) is 0 Å². The first-order valence-electron chi connectivity index (χ1n) is 11.6. The fourth-order valence-corrected chi connectivity index (χ4v) is 4.50. The summed E-state index contributed by atoms with van der Waals surface area (Å²) in [5, 5.41) is 14.6. The van der Waals surface area contributed by atoms with E-state index in [2.05, 4.69) is 34.9 Å². The van der Waals surface area contributed by atoms with Crippen molar-refractivity contribution in [2.45, 2.75) is 38.3 Å². The topological polar surface area (TPSA) is 105 Å². The number of carboxylic acids is 1. The second kappa shape index (κ2) is 10.9. The Bertz CT molecular complexity index is 1190. The van der Waals surface area contributed by atoms with Crippen molar-refractivity contribution in [3.05, 3.63) is 95.1 Å². The molecule has 3 N–H and O–H groups in total. The number of carbonyl (C=O) groups excluding carboxylic acids is 2. The summed E-state index contributed by atoms with van der Waals surface area (Å²) < 4.78 is 5.54. The zero-order valence-corrected chi connectivity index (χ0v) is 19.5. The van der Waals surface area contributed by atoms with Gasteiger partial charge in [-0.05, 0) is 40.3 Å². The Morgan fingerprint density at radius 3 is 2.09 bits per heavy atom. The molecule has 35 heavy (non-hydrogen) atoms. The standard InChI is InChI=1S/C28H28N2O5/c1-18(14-26(31)29-16-20-9-3-2-8-19(20)15-27(32)33)30-28(34)35-17-25-23-12-6-4-10-21(23)22-11-5-7-13-24(22)25/h2-13,18,25H,14-17H2,1H3,(H,29,31)(H,30,34)(H,32,33). The van der Waals surface area contributed by atoms with E-state index in [9.17, 15) is 14.4 Å². The molecular formula is C28H28N2O5. The van der Waals surface area contributed by atoms with Gasteiger partial charge in [0.15, 0.2) is 0 Å². The molecule has 0 fully saturated rings. The van der Waals surface area contributed by atoms with Crippen molar-refractivity contribution in [1.29, 1.82) is 0 Å². The largest absolute Gasteiger partial charge is 0.481 e. The fourth-order valence-electron chi connectivity index (χ4n) is 4.50. The molecule has 0 aromatic heterocycles. The Hall–Kier alpha value is -4.13. The number of rotatable bonds is 9. The number of ether oxygens (including phenoxy) is 1. The first kappa shape index (κ1) is 24.0. The van der Waals surface area contributed by atoms with Gasteiger partial charge in [-0.15, -0.1) is 0 Å². The predicted octanol–water partition coefficient (Wildman–Crippen LogP) is 4.25. The van der Waals surface area contributed by atoms with Gasteiger partial charge in [0, 0.05) is 24.9 Å². The van der Waals surface area contributed by atoms with Crippen LogP contribution in [0.4, 0.5) is 4.79 Å². The van der Waals surface area contributed by atoms with Gasteiger partial charge in [0.1, 0.15) is 6.61 Å². The molecule has 1 atom stereocenters. The number of amides is 2. The van der Waals surface area contributed by atoms with Crippen LogP contribution in [-0.2, 0) is 27.3 Å². The summed E-state index contributed by atoms with van der Waals surface area (Å²) in [6, 6.07) is 22.9. The molecule has 2 amide bonds. The molecule has 7 heteroatoms. The average Bonchev–Trinajstić information content (AvgIpc) is 3.15. The van der Waals surface area contributed by atoms with E-state index in [-0.39, 0.29) is 37.8 Å². The maximum atomic E-state index is 12.4. The minimum Gasteiger partial charge on any atom is -0.481 e. The summed E-state index contributed by atoms with van der Waals surface area (Å²) >= 11 is 0. The van der Waals surface area contributed by atoms with Crippen LogP contribution in [0.5, 0.6) is 0 Å². The molecule has 4 rings (SSSR count). The maximum absolute atomic E-state index is 12.4. The first-order chi connectivity index (χ1) is 16.9. The summed E-state index contributed by atoms with van der Waals surface area (Å²) in [6.07, 6.45) is -0.601. The Labute approximate surface area is 204 Å². The predicted molar refractivity (Wildman–Crippen MR) is 132 cm³/mol. The Kier molecular flexibility index (Phi) is 7.45. The third kappa shape index (κ3) is 5.87. The molecule has 0 heterocycles. The molecule has 3 aromatic carbocycles. The third-order valence-electron chi connectivity index (χ3n) is 6.14. The molecule has 1 aliphatic carbocycles. The quantitative estimate of drug-likeness (QED) is 0.432. The Morgan fingerprint density at radius 2 is 1.46 bits per heavy atom. The van der Waals surface area contributed by atoms with E-state index in [1.807, 2.05) is 24.3 Å². The highest BCUT2D eigenvalue weighted by atomic mass is 16.5. The molecular weight excluding hydrogens is 444 g/mol. The van der Waals surface area contributed by atoms with Crippen LogP contribution >= 0.6 is 0 Å². The molecule has 3 aromatic rings. The van der Waals surface area contributed by atoms with Crippen molar-refractivity contribution < 1.29 is 24.2 Å². The van der Waals surface area contributed by atoms with Crippen LogP contribution in [0.25, 0.3) is 11.1 Å². The van der Waals surface area contributed by atoms with Crippen LogP contribution in [0.1, 0.15) is 41.5 Å². The lowest BCUT2D eigenvalue weighted by Gasteiger charge is -2.17. The van der Waals surface area contributed by atoms with Crippen LogP contribution in [-0.4, -0.2) is 35.7 Å². The molecule has 180 valence electrons. The highest BCUT2D eigenvalue weighted by Gasteiger charge is 2.29. The molecule has 7 nitrogen and oxygen atoms in total. The lowest BCUT2D eigenvalue weighted by Crippen LogP contribution is -2.38. The van der Waals surface area contributed by atoms with Crippen molar-refractivity contribution in [3.8, 4) is 11.1 Å². The SMILES string of the molecule is CC(CC(=O)NCc1ccccc1CC(=O)O)NC(=O)OCC1c2ccccc2-c2ccccc21. The first-order valence-corrected chi connectivity index (χ1v) is 11.6. The lowest BCUT2D eigenvalue weighted by molar-refractivity contribution is -0.136. The minimum absolute atomic E-state index is 0.0300. The van der Waals surface area contributed by atoms with Gasteiger partial charge >= 0.3 is 12.1 Å². The van der Waals surface area contributed by atoms with Crippen molar-refractivity contribution in [1.82, 2.24) is 10.6 Å². The molecule has 0 saturated heterocycles. The number of alkyl carbamates (subject to hydrolysis) is 1. The summed E-state index contributed by atoms with van der Waals surface area (Å²) in [7, 11) is 0. The fraction of sp³-hybridized carbons (Fsp3) is 0.250. The Balaban J connectivity index is 1.26. The molecule has 0 saturated carbocycles. The lowest BCUT2D eigenvalue weighted by atomic mass is 9.98. The van der Waals surface area contributed by atoms with E-state index in [4.69, 9.17) is 9.84 Å². The van der Waals surface area contributed by atoms with Gasteiger partial charge in [-0.1, -0.05) is 72.8 Å². The van der Waals surface area contributed by atoms with E-state index in [0.717, 1.165) is 27.8 Å². The van der Waals surface area contributed by atoms with Crippen LogP contribution < -0.4 is 10.6 Å². The highest BCUT2D eigenvalue weighted by molar-refractivity contribution is 5.79. The van der Waals surface area contributed by atoms with Crippen LogP contribution in [0.3, 0.4) is 0 Å². The molecule has 1 aliphatic rings. The highest BCUT2D eigenvalue weighted by Crippen LogP contribution is 2.44. The smallest absolute Gasteiger partial charge is 0.407 e. The van der Waals surface area contributed by atoms with Crippen molar-refractivity contribution in [2.75, 3.05) is 6.61 Å². The van der Waals surface area contributed by atoms with E-state index in [1.54, 1.807) is 31.2 Å². The molecule has 0 spiro atoms. The minimum atomic E-state index is -0.926. The van der Waals surface area contributed by atoms with Crippen LogP contribution in [0, 0.1) is 0 Å². The van der Waals surface area contributed by atoms with Gasteiger partial charge in [-0.25, -0.2) is 4.79 Å². The van der Waals surface area contributed by atoms with Crippen LogP contribution in [0.2, 0.25) is 0 Å². The van der Waals surface area contributed by atoms with Crippen molar-refractivity contribution >= 4 is 18.0 Å². The number of benzene rings is 3. The van der Waals surface area contributed by atoms with Gasteiger partial charge < -0.3 is 20.5 Å². The van der Waals surface area contributed by atoms with E-state index in [1.165, 1.54) is 0 Å². The zero-order valence-electron chi connectivity index (χ0n) is 19.5. The van der Waals surface area contributed by atoms with Gasteiger partial charge in [0.05, 0.1) is 6.42 Å². The van der Waals surface area contributed by atoms with E-state index < -0.39 is 18.1 Å². The van der Waals surface area contributed by atoms with Crippen molar-refractivity contribution in [2.24, 2.45) is 0 Å². The molecule has 1 unspecified atom stereocenters. The molecule has 0 bridgehead atoms. The van der Waals surface area contributed by atoms with Gasteiger partial charge in [0.2, 0.25) is 5.91 Å². The number of fused-ring (bicyclic) bond motifs is 3. The van der Waals surface area contributed by atoms with Gasteiger partial charge in [0.25, 0.3) is 0 Å². The van der Waals surface area contributed by atoms with Gasteiger partial charge in [-0.2, -0.15) is 0 Å². The molecule has 0 aliphatic heterocycles. The number of nitrogens with one attached hydrogen (secondary N) is 2. The second-order valence-corrected chi connectivity index (χ2v) is 8.69. The molecule has 0 radical (unpaired) electrons. The summed E-state index contributed by atoms with van der Waals surface area (Å²) in [5.41, 5.74) is 6.00. The normalized spacial score (nSPS) is 12.8. The maximum Gasteiger partial charge on any atom is 0.407 e. The number of hydrogen-bond donors (Lipinski definition) is 3. The monoisotopic (exact) mass is 472 g/mol. The summed E-state index contributed by atoms with van der Waals surface area (Å²) in [5.74, 6) is -1.20. The van der Waals surface area contributed by atoms with Gasteiger partial charge in [-0.3, -0.25) is 9.59 Å².